The fourth-order valence-electron chi connectivity index (χ4n) is 0.674. The normalized spacial score (nSPS) is 11.2. The molecule has 0 saturated carbocycles. The van der Waals surface area contributed by atoms with E-state index in [1.54, 1.807) is 0 Å². The lowest BCUT2D eigenvalue weighted by Crippen LogP contribution is -1.94. The van der Waals surface area contributed by atoms with E-state index in [0.29, 0.717) is 25.5 Å². The molecule has 0 aliphatic heterocycles. The zero-order chi connectivity index (χ0) is 9.23. The van der Waals surface area contributed by atoms with Gasteiger partial charge < -0.3 is 9.53 Å². The van der Waals surface area contributed by atoms with E-state index in [9.17, 15) is 9.36 Å². The summed E-state index contributed by atoms with van der Waals surface area (Å²) < 4.78 is 16.2. The molecule has 0 spiro atoms. The molecule has 0 rings (SSSR count). The third-order valence-electron chi connectivity index (χ3n) is 1.37. The van der Waals surface area contributed by atoms with Gasteiger partial charge in [0.05, 0.1) is 6.61 Å². The number of unbranched alkanes of at least 4 members (excludes halogenated alkanes) is 1. The van der Waals surface area contributed by atoms with Crippen LogP contribution in [0.1, 0.15) is 26.2 Å². The van der Waals surface area contributed by atoms with Crippen molar-refractivity contribution in [3.63, 3.8) is 0 Å². The number of carbonyl (C=O) groups excluding carboxylic acids is 1. The Labute approximate surface area is 74.3 Å². The van der Waals surface area contributed by atoms with E-state index in [2.05, 4.69) is 6.92 Å². The lowest BCUT2D eigenvalue weighted by molar-refractivity contribution is -0.107. The van der Waals surface area contributed by atoms with Crippen LogP contribution in [0.2, 0.25) is 0 Å². The first-order valence-corrected chi connectivity index (χ1v) is 5.87. The Bertz CT molecular complexity index is 136. The lowest BCUT2D eigenvalue weighted by Gasteiger charge is -1.93. The summed E-state index contributed by atoms with van der Waals surface area (Å²) in [4.78, 5) is 9.92. The topological polar surface area (TPSA) is 43.4 Å². The molecule has 0 radical (unpaired) electrons. The maximum absolute atomic E-state index is 11.0. The molecule has 0 saturated heterocycles. The van der Waals surface area contributed by atoms with Crippen LogP contribution in [0.4, 0.5) is 0 Å². The van der Waals surface area contributed by atoms with E-state index in [0.717, 1.165) is 19.1 Å². The standard InChI is InChI=1S/C8H16O3P/c1-2-3-6-11-8-12(10)7-4-5-9/h5H,2-4,6-8H2,1H3/q+1. The van der Waals surface area contributed by atoms with E-state index < -0.39 is 7.80 Å². The zero-order valence-corrected chi connectivity index (χ0v) is 8.39. The number of ether oxygens (including phenoxy) is 1. The number of hydrogen-bond donors (Lipinski definition) is 0. The van der Waals surface area contributed by atoms with Gasteiger partial charge in [0.25, 0.3) is 0 Å². The lowest BCUT2D eigenvalue weighted by atomic mass is 10.4. The van der Waals surface area contributed by atoms with Crippen molar-refractivity contribution >= 4 is 14.1 Å². The second-order valence-electron chi connectivity index (χ2n) is 2.55. The molecule has 4 heteroatoms. The summed E-state index contributed by atoms with van der Waals surface area (Å²) in [5, 5.41) is 0. The predicted octanol–water partition coefficient (Wildman–Crippen LogP) is 2.18. The largest absolute Gasteiger partial charge is 0.367 e. The number of hydrogen-bond acceptors (Lipinski definition) is 3. The number of rotatable bonds is 8. The molecule has 1 atom stereocenters. The molecule has 0 aromatic carbocycles. The van der Waals surface area contributed by atoms with Gasteiger partial charge in [-0.15, -0.1) is 0 Å². The van der Waals surface area contributed by atoms with Gasteiger partial charge in [-0.1, -0.05) is 17.9 Å². The van der Waals surface area contributed by atoms with Gasteiger partial charge in [0.15, 0.2) is 6.16 Å². The predicted molar refractivity (Wildman–Crippen MR) is 48.9 cm³/mol. The minimum Gasteiger partial charge on any atom is -0.337 e. The summed E-state index contributed by atoms with van der Waals surface area (Å²) in [5.41, 5.74) is 0. The van der Waals surface area contributed by atoms with E-state index in [4.69, 9.17) is 4.74 Å². The van der Waals surface area contributed by atoms with Crippen LogP contribution in [-0.4, -0.2) is 25.4 Å². The summed E-state index contributed by atoms with van der Waals surface area (Å²) >= 11 is 0. The summed E-state index contributed by atoms with van der Waals surface area (Å²) in [6.07, 6.45) is 4.04. The Morgan fingerprint density at radius 3 is 2.83 bits per heavy atom. The van der Waals surface area contributed by atoms with Gasteiger partial charge in [0, 0.05) is 6.42 Å². The first-order valence-electron chi connectivity index (χ1n) is 4.24. The van der Waals surface area contributed by atoms with Gasteiger partial charge in [-0.25, -0.2) is 0 Å². The Morgan fingerprint density at radius 2 is 2.25 bits per heavy atom. The maximum Gasteiger partial charge on any atom is 0.367 e. The SMILES string of the molecule is CCCCOC[P+](=O)CCC=O. The highest BCUT2D eigenvalue weighted by Gasteiger charge is 2.13. The molecule has 0 aliphatic rings. The molecular weight excluding hydrogens is 175 g/mol. The molecular formula is C8H16O3P+. The van der Waals surface area contributed by atoms with Gasteiger partial charge in [0.2, 0.25) is 6.35 Å². The maximum atomic E-state index is 11.0. The van der Waals surface area contributed by atoms with E-state index in [-0.39, 0.29) is 0 Å². The fraction of sp³-hybridized carbons (Fsp3) is 0.875. The zero-order valence-electron chi connectivity index (χ0n) is 7.49. The van der Waals surface area contributed by atoms with Crippen LogP contribution in [0, 0.1) is 0 Å². The van der Waals surface area contributed by atoms with Crippen molar-refractivity contribution in [3.05, 3.63) is 0 Å². The highest BCUT2D eigenvalue weighted by atomic mass is 31.1. The van der Waals surface area contributed by atoms with Crippen LogP contribution in [0.5, 0.6) is 0 Å². The van der Waals surface area contributed by atoms with Gasteiger partial charge >= 0.3 is 7.80 Å². The van der Waals surface area contributed by atoms with Crippen LogP contribution in [0.15, 0.2) is 0 Å². The molecule has 1 unspecified atom stereocenters. The van der Waals surface area contributed by atoms with Crippen molar-refractivity contribution in [1.29, 1.82) is 0 Å². The molecule has 0 aromatic rings. The Hall–Kier alpha value is -0.270. The van der Waals surface area contributed by atoms with Crippen LogP contribution < -0.4 is 0 Å². The van der Waals surface area contributed by atoms with Crippen LogP contribution in [-0.2, 0) is 14.1 Å². The summed E-state index contributed by atoms with van der Waals surface area (Å²) in [5.74, 6) is 0. The van der Waals surface area contributed by atoms with Gasteiger partial charge in [-0.3, -0.25) is 0 Å². The monoisotopic (exact) mass is 191 g/mol. The highest BCUT2D eigenvalue weighted by Crippen LogP contribution is 2.20. The molecule has 0 amide bonds. The van der Waals surface area contributed by atoms with Gasteiger partial charge in [0.1, 0.15) is 6.29 Å². The van der Waals surface area contributed by atoms with E-state index in [1.165, 1.54) is 0 Å². The molecule has 3 nitrogen and oxygen atoms in total. The minimum absolute atomic E-state index is 0.309. The van der Waals surface area contributed by atoms with Crippen LogP contribution in [0.25, 0.3) is 0 Å². The summed E-state index contributed by atoms with van der Waals surface area (Å²) in [6, 6.07) is 0. The number of aldehydes is 1. The second-order valence-corrected chi connectivity index (χ2v) is 4.22. The first kappa shape index (κ1) is 11.7. The van der Waals surface area contributed by atoms with Crippen molar-refractivity contribution in [2.75, 3.05) is 19.1 Å². The summed E-state index contributed by atoms with van der Waals surface area (Å²) in [6.45, 7) is 2.76. The van der Waals surface area contributed by atoms with Crippen LogP contribution >= 0.6 is 7.80 Å². The molecule has 0 bridgehead atoms. The molecule has 0 aliphatic carbocycles. The van der Waals surface area contributed by atoms with Crippen molar-refractivity contribution < 1.29 is 14.1 Å². The van der Waals surface area contributed by atoms with Crippen LogP contribution in [0.3, 0.4) is 0 Å². The second kappa shape index (κ2) is 8.82. The van der Waals surface area contributed by atoms with Crippen molar-refractivity contribution in [2.24, 2.45) is 0 Å². The molecule has 0 aromatic heterocycles. The highest BCUT2D eigenvalue weighted by molar-refractivity contribution is 7.44. The number of carbonyl (C=O) groups is 1. The molecule has 0 fully saturated rings. The molecule has 0 N–H and O–H groups in total. The summed E-state index contributed by atoms with van der Waals surface area (Å²) in [7, 11) is -1.31. The smallest absolute Gasteiger partial charge is 0.337 e. The Balaban J connectivity index is 3.13. The van der Waals surface area contributed by atoms with Gasteiger partial charge in [-0.2, -0.15) is 0 Å². The first-order chi connectivity index (χ1) is 5.81. The minimum atomic E-state index is -1.31. The van der Waals surface area contributed by atoms with E-state index in [1.807, 2.05) is 0 Å². The third-order valence-corrected chi connectivity index (χ3v) is 2.60. The third kappa shape index (κ3) is 7.83. The Morgan fingerprint density at radius 1 is 1.50 bits per heavy atom. The average molecular weight is 191 g/mol. The quantitative estimate of drug-likeness (QED) is 0.335. The van der Waals surface area contributed by atoms with Gasteiger partial charge in [-0.05, 0) is 6.42 Å². The average Bonchev–Trinajstić information content (AvgIpc) is 2.09. The fourth-order valence-corrected chi connectivity index (χ4v) is 1.53. The Kier molecular flexibility index (Phi) is 8.62. The molecule has 70 valence electrons. The van der Waals surface area contributed by atoms with Crippen molar-refractivity contribution in [1.82, 2.24) is 0 Å². The van der Waals surface area contributed by atoms with Crippen molar-refractivity contribution in [2.45, 2.75) is 26.2 Å². The van der Waals surface area contributed by atoms with Crippen molar-refractivity contribution in [3.8, 4) is 0 Å². The molecule has 12 heavy (non-hydrogen) atoms. The molecule has 0 heterocycles. The van der Waals surface area contributed by atoms with E-state index >= 15 is 0 Å².